The largest absolute Gasteiger partial charge is 0.457 e. The predicted octanol–water partition coefficient (Wildman–Crippen LogP) is 4.32. The molecule has 3 aromatic carbocycles. The van der Waals surface area contributed by atoms with Crippen LogP contribution in [0.5, 0.6) is 11.5 Å². The van der Waals surface area contributed by atoms with Gasteiger partial charge in [-0.15, -0.1) is 0 Å². The average Bonchev–Trinajstić information content (AvgIpc) is 2.67. The molecule has 3 rings (SSSR count). The number of amides is 2. The molecule has 0 aliphatic heterocycles. The monoisotopic (exact) mass is 410 g/mol. The minimum Gasteiger partial charge on any atom is -0.457 e. The molecule has 0 aromatic heterocycles. The molecule has 0 radical (unpaired) electrons. The van der Waals surface area contributed by atoms with Gasteiger partial charge in [-0.1, -0.05) is 42.5 Å². The fourth-order valence-electron chi connectivity index (χ4n) is 2.25. The van der Waals surface area contributed by atoms with E-state index in [4.69, 9.17) is 4.74 Å². The minimum atomic E-state index is -0.475. The first-order chi connectivity index (χ1) is 12.6. The molecule has 0 spiro atoms. The van der Waals surface area contributed by atoms with Crippen molar-refractivity contribution in [1.82, 2.24) is 10.9 Å². The zero-order chi connectivity index (χ0) is 18.4. The van der Waals surface area contributed by atoms with Gasteiger partial charge in [-0.25, -0.2) is 0 Å². The number of hydrogen-bond acceptors (Lipinski definition) is 3. The molecule has 26 heavy (non-hydrogen) atoms. The average molecular weight is 411 g/mol. The van der Waals surface area contributed by atoms with Gasteiger partial charge in [-0.3, -0.25) is 20.4 Å². The van der Waals surface area contributed by atoms with Gasteiger partial charge in [-0.2, -0.15) is 0 Å². The maximum absolute atomic E-state index is 12.5. The third-order valence-electron chi connectivity index (χ3n) is 3.51. The zero-order valence-electron chi connectivity index (χ0n) is 13.6. The molecular weight excluding hydrogens is 396 g/mol. The van der Waals surface area contributed by atoms with Crippen molar-refractivity contribution in [2.24, 2.45) is 0 Å². The zero-order valence-corrected chi connectivity index (χ0v) is 15.2. The predicted molar refractivity (Wildman–Crippen MR) is 102 cm³/mol. The Morgan fingerprint density at radius 1 is 0.692 bits per heavy atom. The van der Waals surface area contributed by atoms with Crippen LogP contribution in [0, 0.1) is 0 Å². The van der Waals surface area contributed by atoms with Crippen molar-refractivity contribution < 1.29 is 14.3 Å². The molecule has 0 fully saturated rings. The van der Waals surface area contributed by atoms with Gasteiger partial charge in [0.2, 0.25) is 0 Å². The Bertz CT molecular complexity index is 929. The molecule has 0 unspecified atom stereocenters. The van der Waals surface area contributed by atoms with Crippen LogP contribution in [0.3, 0.4) is 0 Å². The number of para-hydroxylation sites is 2. The van der Waals surface area contributed by atoms with Crippen molar-refractivity contribution in [2.75, 3.05) is 0 Å². The Labute approximate surface area is 159 Å². The van der Waals surface area contributed by atoms with Gasteiger partial charge >= 0.3 is 0 Å². The third kappa shape index (κ3) is 4.29. The lowest BCUT2D eigenvalue weighted by Gasteiger charge is -2.12. The second-order valence-corrected chi connectivity index (χ2v) is 6.15. The number of benzene rings is 3. The van der Waals surface area contributed by atoms with Crippen molar-refractivity contribution in [2.45, 2.75) is 0 Å². The van der Waals surface area contributed by atoms with Gasteiger partial charge < -0.3 is 4.74 Å². The van der Waals surface area contributed by atoms with Crippen molar-refractivity contribution >= 4 is 27.7 Å². The summed E-state index contributed by atoms with van der Waals surface area (Å²) in [4.78, 5) is 24.6. The van der Waals surface area contributed by atoms with Gasteiger partial charge in [0.05, 0.1) is 11.1 Å². The Kier molecular flexibility index (Phi) is 5.66. The molecule has 2 N–H and O–H groups in total. The molecule has 0 heterocycles. The Hall–Kier alpha value is -3.12. The van der Waals surface area contributed by atoms with Crippen molar-refractivity contribution in [3.63, 3.8) is 0 Å². The summed E-state index contributed by atoms with van der Waals surface area (Å²) >= 11 is 3.30. The fourth-order valence-corrected chi connectivity index (χ4v) is 2.72. The third-order valence-corrected chi connectivity index (χ3v) is 4.20. The molecule has 0 atom stereocenters. The molecule has 0 aliphatic carbocycles. The standard InChI is InChI=1S/C20H15BrN2O3/c21-17-12-6-4-10-15(17)19(24)22-23-20(25)16-11-5-7-13-18(16)26-14-8-2-1-3-9-14/h1-13H,(H,22,24)(H,23,25). The molecule has 0 aliphatic rings. The van der Waals surface area contributed by atoms with E-state index in [0.717, 1.165) is 0 Å². The van der Waals surface area contributed by atoms with Crippen LogP contribution >= 0.6 is 15.9 Å². The first-order valence-electron chi connectivity index (χ1n) is 7.82. The molecule has 0 saturated carbocycles. The van der Waals surface area contributed by atoms with E-state index in [1.165, 1.54) is 0 Å². The molecule has 2 amide bonds. The SMILES string of the molecule is O=C(NNC(=O)c1ccccc1Oc1ccccc1)c1ccccc1Br. The summed E-state index contributed by atoms with van der Waals surface area (Å²) in [6.45, 7) is 0. The highest BCUT2D eigenvalue weighted by Crippen LogP contribution is 2.24. The number of hydrogen-bond donors (Lipinski definition) is 2. The second-order valence-electron chi connectivity index (χ2n) is 5.30. The van der Waals surface area contributed by atoms with Crippen molar-refractivity contribution in [1.29, 1.82) is 0 Å². The maximum atomic E-state index is 12.5. The number of ether oxygens (including phenoxy) is 1. The first-order valence-corrected chi connectivity index (χ1v) is 8.61. The summed E-state index contributed by atoms with van der Waals surface area (Å²) in [5, 5.41) is 0. The summed E-state index contributed by atoms with van der Waals surface area (Å²) in [5.41, 5.74) is 5.54. The van der Waals surface area contributed by atoms with E-state index in [-0.39, 0.29) is 0 Å². The van der Waals surface area contributed by atoms with Gasteiger partial charge in [0.15, 0.2) is 0 Å². The van der Waals surface area contributed by atoms with Crippen LogP contribution in [-0.2, 0) is 0 Å². The van der Waals surface area contributed by atoms with Crippen molar-refractivity contribution in [3.05, 3.63) is 94.5 Å². The lowest BCUT2D eigenvalue weighted by atomic mass is 10.2. The first kappa shape index (κ1) is 17.7. The Balaban J connectivity index is 1.70. The van der Waals surface area contributed by atoms with Gasteiger partial charge in [0.25, 0.3) is 11.8 Å². The Morgan fingerprint density at radius 2 is 1.23 bits per heavy atom. The molecule has 0 bridgehead atoms. The van der Waals surface area contributed by atoms with Crippen LogP contribution in [0.2, 0.25) is 0 Å². The smallest absolute Gasteiger partial charge is 0.273 e. The normalized spacial score (nSPS) is 10.0. The van der Waals surface area contributed by atoms with Gasteiger partial charge in [0.1, 0.15) is 11.5 Å². The highest BCUT2D eigenvalue weighted by atomic mass is 79.9. The van der Waals surface area contributed by atoms with E-state index < -0.39 is 11.8 Å². The fraction of sp³-hybridized carbons (Fsp3) is 0. The molecule has 3 aromatic rings. The summed E-state index contributed by atoms with van der Waals surface area (Å²) < 4.78 is 6.40. The molecular formula is C20H15BrN2O3. The summed E-state index contributed by atoms with van der Waals surface area (Å²) in [7, 11) is 0. The van der Waals surface area contributed by atoms with Crippen LogP contribution in [-0.4, -0.2) is 11.8 Å². The topological polar surface area (TPSA) is 67.4 Å². The van der Waals surface area contributed by atoms with E-state index in [9.17, 15) is 9.59 Å². The van der Waals surface area contributed by atoms with Crippen LogP contribution in [0.25, 0.3) is 0 Å². The van der Waals surface area contributed by atoms with Crippen LogP contribution < -0.4 is 15.6 Å². The van der Waals surface area contributed by atoms with E-state index in [2.05, 4.69) is 26.8 Å². The number of rotatable bonds is 4. The van der Waals surface area contributed by atoms with E-state index in [1.54, 1.807) is 60.7 Å². The van der Waals surface area contributed by atoms with Gasteiger partial charge in [-0.05, 0) is 52.3 Å². The van der Waals surface area contributed by atoms with E-state index >= 15 is 0 Å². The second kappa shape index (κ2) is 8.31. The number of halogens is 1. The summed E-state index contributed by atoms with van der Waals surface area (Å²) in [6.07, 6.45) is 0. The van der Waals surface area contributed by atoms with E-state index in [0.29, 0.717) is 27.1 Å². The van der Waals surface area contributed by atoms with E-state index in [1.807, 2.05) is 18.2 Å². The maximum Gasteiger partial charge on any atom is 0.273 e. The van der Waals surface area contributed by atoms with Crippen LogP contribution in [0.4, 0.5) is 0 Å². The van der Waals surface area contributed by atoms with Crippen molar-refractivity contribution in [3.8, 4) is 11.5 Å². The number of nitrogens with one attached hydrogen (secondary N) is 2. The number of carbonyl (C=O) groups is 2. The lowest BCUT2D eigenvalue weighted by Crippen LogP contribution is -2.41. The summed E-state index contributed by atoms with van der Waals surface area (Å²) in [5.74, 6) is 0.112. The molecule has 0 saturated heterocycles. The minimum absolute atomic E-state index is 0.309. The van der Waals surface area contributed by atoms with Crippen LogP contribution in [0.15, 0.2) is 83.3 Å². The highest BCUT2D eigenvalue weighted by Gasteiger charge is 2.15. The molecule has 130 valence electrons. The molecule has 5 nitrogen and oxygen atoms in total. The number of carbonyl (C=O) groups excluding carboxylic acids is 2. The Morgan fingerprint density at radius 3 is 1.92 bits per heavy atom. The summed E-state index contributed by atoms with van der Waals surface area (Å²) in [6, 6.07) is 22.9. The number of hydrazine groups is 1. The lowest BCUT2D eigenvalue weighted by molar-refractivity contribution is 0.0845. The molecule has 6 heteroatoms. The quantitative estimate of drug-likeness (QED) is 0.629. The highest BCUT2D eigenvalue weighted by molar-refractivity contribution is 9.10. The van der Waals surface area contributed by atoms with Crippen LogP contribution in [0.1, 0.15) is 20.7 Å². The van der Waals surface area contributed by atoms with Gasteiger partial charge in [0, 0.05) is 4.47 Å².